The fourth-order valence-electron chi connectivity index (χ4n) is 5.35. The Morgan fingerprint density at radius 2 is 2.00 bits per heavy atom. The minimum atomic E-state index is -4.27. The van der Waals surface area contributed by atoms with E-state index in [-0.39, 0.29) is 10.9 Å². The predicted molar refractivity (Wildman–Crippen MR) is 155 cm³/mol. The van der Waals surface area contributed by atoms with E-state index in [4.69, 9.17) is 4.98 Å². The minimum absolute atomic E-state index is 0.168. The number of piperidine rings is 1. The normalized spacial score (nSPS) is 16.6. The molecule has 0 amide bonds. The molecule has 0 atom stereocenters. The summed E-state index contributed by atoms with van der Waals surface area (Å²) in [7, 11) is 3.92. The van der Waals surface area contributed by atoms with Crippen molar-refractivity contribution in [1.82, 2.24) is 19.8 Å². The number of rotatable bonds is 8. The summed E-state index contributed by atoms with van der Waals surface area (Å²) in [5.74, 6) is 1.10. The topological polar surface area (TPSA) is 68.1 Å². The lowest BCUT2D eigenvalue weighted by Crippen LogP contribution is -2.39. The zero-order chi connectivity index (χ0) is 28.4. The van der Waals surface area contributed by atoms with Crippen LogP contribution in [0.15, 0.2) is 29.8 Å². The molecule has 1 aromatic carbocycles. The number of nitrogens with one attached hydrogen (secondary N) is 1. The maximum absolute atomic E-state index is 13.1. The van der Waals surface area contributed by atoms with E-state index >= 15 is 0 Å². The summed E-state index contributed by atoms with van der Waals surface area (Å²) in [6.45, 7) is 5.51. The lowest BCUT2D eigenvalue weighted by Gasteiger charge is -2.33. The van der Waals surface area contributed by atoms with Gasteiger partial charge in [0.25, 0.3) is 0 Å². The Bertz CT molecular complexity index is 1490. The number of nitriles is 1. The Morgan fingerprint density at radius 3 is 2.70 bits per heavy atom. The zero-order valence-corrected chi connectivity index (χ0v) is 23.8. The van der Waals surface area contributed by atoms with Gasteiger partial charge in [0.2, 0.25) is 0 Å². The zero-order valence-electron chi connectivity index (χ0n) is 23.0. The van der Waals surface area contributed by atoms with Crippen molar-refractivity contribution in [1.29, 1.82) is 5.26 Å². The molecule has 3 heterocycles. The summed E-state index contributed by atoms with van der Waals surface area (Å²) >= 11 is 1.08. The third-order valence-electron chi connectivity index (χ3n) is 7.46. The van der Waals surface area contributed by atoms with E-state index in [2.05, 4.69) is 40.3 Å². The van der Waals surface area contributed by atoms with E-state index in [0.29, 0.717) is 28.4 Å². The van der Waals surface area contributed by atoms with Crippen molar-refractivity contribution in [3.63, 3.8) is 0 Å². The van der Waals surface area contributed by atoms with Crippen LogP contribution in [0.5, 0.6) is 0 Å². The molecule has 5 rings (SSSR count). The molecule has 1 aliphatic carbocycles. The Labute approximate surface area is 236 Å². The van der Waals surface area contributed by atoms with Crippen LogP contribution < -0.4 is 5.32 Å². The number of benzene rings is 1. The Hall–Kier alpha value is -3.26. The summed E-state index contributed by atoms with van der Waals surface area (Å²) in [5, 5.41) is 13.5. The van der Waals surface area contributed by atoms with Crippen molar-refractivity contribution in [2.24, 2.45) is 0 Å². The van der Waals surface area contributed by atoms with Crippen molar-refractivity contribution >= 4 is 39.5 Å². The van der Waals surface area contributed by atoms with E-state index in [0.717, 1.165) is 55.8 Å². The second kappa shape index (κ2) is 11.7. The number of halogens is 3. The van der Waals surface area contributed by atoms with Crippen LogP contribution in [0, 0.1) is 18.3 Å². The Balaban J connectivity index is 1.28. The predicted octanol–water partition coefficient (Wildman–Crippen LogP) is 6.22. The average Bonchev–Trinajstić information content (AvgIpc) is 3.49. The summed E-state index contributed by atoms with van der Waals surface area (Å²) in [4.78, 5) is 14.5. The molecule has 0 unspecified atom stereocenters. The molecular formula is C30H33F3N6S. The molecule has 0 bridgehead atoms. The number of alkyl halides is 3. The maximum Gasteiger partial charge on any atom is 0.393 e. The van der Waals surface area contributed by atoms with Gasteiger partial charge in [-0.1, -0.05) is 18.2 Å². The average molecular weight is 567 g/mol. The van der Waals surface area contributed by atoms with E-state index < -0.39 is 12.6 Å². The monoisotopic (exact) mass is 566 g/mol. The maximum atomic E-state index is 13.1. The lowest BCUT2D eigenvalue weighted by molar-refractivity contribution is -0.126. The lowest BCUT2D eigenvalue weighted by atomic mass is 9.97. The van der Waals surface area contributed by atoms with Gasteiger partial charge in [-0.25, -0.2) is 9.97 Å². The van der Waals surface area contributed by atoms with Gasteiger partial charge in [-0.3, -0.25) is 4.90 Å². The number of likely N-dealkylation sites (N-methyl/N-ethyl adjacent to an activating group) is 1. The molecule has 1 aliphatic heterocycles. The van der Waals surface area contributed by atoms with Crippen LogP contribution in [-0.2, 0) is 19.4 Å². The number of likely N-dealkylation sites (tertiary alicyclic amines) is 1. The molecule has 210 valence electrons. The minimum Gasteiger partial charge on any atom is -0.367 e. The van der Waals surface area contributed by atoms with Gasteiger partial charge < -0.3 is 10.2 Å². The number of anilines is 1. The van der Waals surface area contributed by atoms with Crippen molar-refractivity contribution < 1.29 is 13.2 Å². The third kappa shape index (κ3) is 6.72. The highest BCUT2D eigenvalue weighted by molar-refractivity contribution is 7.18. The molecule has 2 aliphatic rings. The SMILES string of the molecule is Cc1c(CN2CCC(Nc3nc(/C=C/CN(C)C)nc4sc(CC(F)(F)F)cc34)CC2)ccc2c1C=C(C#N)C2. The second-order valence-corrected chi connectivity index (χ2v) is 12.0. The number of fused-ring (bicyclic) bond motifs is 2. The number of aromatic nitrogens is 2. The molecule has 2 aromatic heterocycles. The van der Waals surface area contributed by atoms with Gasteiger partial charge >= 0.3 is 6.18 Å². The molecule has 10 heteroatoms. The van der Waals surface area contributed by atoms with E-state index in [9.17, 15) is 18.4 Å². The highest BCUT2D eigenvalue weighted by atomic mass is 32.1. The van der Waals surface area contributed by atoms with Gasteiger partial charge in [-0.2, -0.15) is 18.4 Å². The van der Waals surface area contributed by atoms with Crippen LogP contribution in [0.2, 0.25) is 0 Å². The summed E-state index contributed by atoms with van der Waals surface area (Å²) in [6.07, 6.45) is 3.08. The molecule has 0 saturated carbocycles. The number of thiophene rings is 1. The molecular weight excluding hydrogens is 533 g/mol. The third-order valence-corrected chi connectivity index (χ3v) is 8.48. The first-order chi connectivity index (χ1) is 19.1. The first kappa shape index (κ1) is 28.3. The van der Waals surface area contributed by atoms with E-state index in [1.807, 2.05) is 37.2 Å². The van der Waals surface area contributed by atoms with Gasteiger partial charge in [0.15, 0.2) is 5.82 Å². The van der Waals surface area contributed by atoms with E-state index in [1.54, 1.807) is 6.07 Å². The standard InChI is InChI=1S/C30H33F3N6S/c1-19-22(7-6-21-13-20(17-34)14-25(19)21)18-39-11-8-23(9-12-39)35-28-26-15-24(16-30(31,32)33)40-29(26)37-27(36-28)5-4-10-38(2)3/h4-7,14-15,23H,8-13,16,18H2,1-3H3,(H,35,36,37)/b5-4+. The van der Waals surface area contributed by atoms with Crippen LogP contribution in [0.3, 0.4) is 0 Å². The van der Waals surface area contributed by atoms with Gasteiger partial charge in [-0.05, 0) is 74.3 Å². The van der Waals surface area contributed by atoms with Crippen LogP contribution >= 0.6 is 11.3 Å². The molecule has 1 N–H and O–H groups in total. The highest BCUT2D eigenvalue weighted by Gasteiger charge is 2.29. The summed E-state index contributed by atoms with van der Waals surface area (Å²) in [6, 6.07) is 8.37. The number of hydrogen-bond acceptors (Lipinski definition) is 7. The van der Waals surface area contributed by atoms with Crippen molar-refractivity contribution in [3.8, 4) is 6.07 Å². The van der Waals surface area contributed by atoms with Gasteiger partial charge in [0.1, 0.15) is 10.6 Å². The fraction of sp³-hybridized carbons (Fsp3) is 0.433. The van der Waals surface area contributed by atoms with Crippen LogP contribution in [0.1, 0.15) is 45.8 Å². The van der Waals surface area contributed by atoms with Crippen LogP contribution in [0.4, 0.5) is 19.0 Å². The molecule has 0 spiro atoms. The first-order valence-corrected chi connectivity index (χ1v) is 14.3. The quantitative estimate of drug-likeness (QED) is 0.349. The fourth-order valence-corrected chi connectivity index (χ4v) is 6.42. The molecule has 6 nitrogen and oxygen atoms in total. The van der Waals surface area contributed by atoms with Gasteiger partial charge in [0.05, 0.1) is 17.9 Å². The summed E-state index contributed by atoms with van der Waals surface area (Å²) in [5.41, 5.74) is 5.75. The van der Waals surface area contributed by atoms with Crippen molar-refractivity contribution in [3.05, 3.63) is 62.8 Å². The molecule has 0 radical (unpaired) electrons. The Morgan fingerprint density at radius 1 is 1.23 bits per heavy atom. The molecule has 1 saturated heterocycles. The molecule has 40 heavy (non-hydrogen) atoms. The van der Waals surface area contributed by atoms with E-state index in [1.165, 1.54) is 22.3 Å². The summed E-state index contributed by atoms with van der Waals surface area (Å²) < 4.78 is 39.3. The highest BCUT2D eigenvalue weighted by Crippen LogP contribution is 2.34. The van der Waals surface area contributed by atoms with Gasteiger partial charge in [-0.15, -0.1) is 11.3 Å². The molecule has 3 aromatic rings. The van der Waals surface area contributed by atoms with Crippen LogP contribution in [-0.4, -0.2) is 65.7 Å². The number of hydrogen-bond donors (Lipinski definition) is 1. The van der Waals surface area contributed by atoms with Crippen molar-refractivity contribution in [2.45, 2.75) is 51.4 Å². The Kier molecular flexibility index (Phi) is 8.26. The largest absolute Gasteiger partial charge is 0.393 e. The molecule has 1 fully saturated rings. The number of nitrogens with zero attached hydrogens (tertiary/aromatic N) is 5. The first-order valence-electron chi connectivity index (χ1n) is 13.5. The second-order valence-electron chi connectivity index (χ2n) is 10.9. The smallest absolute Gasteiger partial charge is 0.367 e. The van der Waals surface area contributed by atoms with Crippen molar-refractivity contribution in [2.75, 3.05) is 39.0 Å². The van der Waals surface area contributed by atoms with Gasteiger partial charge in [0, 0.05) is 49.1 Å². The van der Waals surface area contributed by atoms with Crippen LogP contribution in [0.25, 0.3) is 22.4 Å². The number of allylic oxidation sites excluding steroid dienone is 1.